The lowest BCUT2D eigenvalue weighted by molar-refractivity contribution is 0.0744. The SMILES string of the molecule is CCCOc1ccc([C@@H]2c3c(-c4ccccc4O)n[nH]c3C(=O)N2CCC)cc1. The van der Waals surface area contributed by atoms with Crippen molar-refractivity contribution in [1.29, 1.82) is 0 Å². The molecule has 0 bridgehead atoms. The van der Waals surface area contributed by atoms with E-state index in [-0.39, 0.29) is 17.7 Å². The van der Waals surface area contributed by atoms with E-state index in [4.69, 9.17) is 4.74 Å². The van der Waals surface area contributed by atoms with E-state index in [1.54, 1.807) is 12.1 Å². The molecule has 1 amide bonds. The molecule has 0 fully saturated rings. The summed E-state index contributed by atoms with van der Waals surface area (Å²) in [5.74, 6) is 0.896. The second-order valence-corrected chi connectivity index (χ2v) is 7.20. The molecule has 4 rings (SSSR count). The summed E-state index contributed by atoms with van der Waals surface area (Å²) in [7, 11) is 0. The second-order valence-electron chi connectivity index (χ2n) is 7.20. The first-order valence-electron chi connectivity index (χ1n) is 10.1. The molecule has 2 aromatic carbocycles. The molecule has 2 heterocycles. The van der Waals surface area contributed by atoms with Crippen LogP contribution in [0.1, 0.15) is 54.3 Å². The van der Waals surface area contributed by atoms with E-state index in [0.29, 0.717) is 30.1 Å². The molecule has 1 aliphatic rings. The molecule has 6 heteroatoms. The first-order chi connectivity index (χ1) is 14.2. The highest BCUT2D eigenvalue weighted by Gasteiger charge is 2.42. The van der Waals surface area contributed by atoms with Crippen molar-refractivity contribution >= 4 is 5.91 Å². The summed E-state index contributed by atoms with van der Waals surface area (Å²) in [4.78, 5) is 14.9. The summed E-state index contributed by atoms with van der Waals surface area (Å²) in [6, 6.07) is 14.7. The number of nitrogens with one attached hydrogen (secondary N) is 1. The highest BCUT2D eigenvalue weighted by molar-refractivity contribution is 6.00. The molecular weight excluding hydrogens is 366 g/mol. The molecule has 1 aromatic heterocycles. The number of carbonyl (C=O) groups is 1. The average Bonchev–Trinajstić information content (AvgIpc) is 3.27. The number of hydrogen-bond acceptors (Lipinski definition) is 4. The molecule has 29 heavy (non-hydrogen) atoms. The third-order valence-corrected chi connectivity index (χ3v) is 5.16. The third-order valence-electron chi connectivity index (χ3n) is 5.16. The number of aromatic hydroxyl groups is 1. The summed E-state index contributed by atoms with van der Waals surface area (Å²) in [5, 5.41) is 17.7. The van der Waals surface area contributed by atoms with Gasteiger partial charge in [0.25, 0.3) is 5.91 Å². The third kappa shape index (κ3) is 3.35. The Morgan fingerprint density at radius 2 is 1.86 bits per heavy atom. The smallest absolute Gasteiger partial charge is 0.273 e. The number of fused-ring (bicyclic) bond motifs is 1. The van der Waals surface area contributed by atoms with Gasteiger partial charge in [-0.05, 0) is 42.7 Å². The number of benzene rings is 2. The fourth-order valence-electron chi connectivity index (χ4n) is 3.86. The second kappa shape index (κ2) is 7.99. The lowest BCUT2D eigenvalue weighted by Gasteiger charge is -2.26. The van der Waals surface area contributed by atoms with Crippen LogP contribution in [0.3, 0.4) is 0 Å². The summed E-state index contributed by atoms with van der Waals surface area (Å²) in [5.41, 5.74) is 3.53. The molecule has 150 valence electrons. The molecule has 0 aliphatic carbocycles. The highest BCUT2D eigenvalue weighted by Crippen LogP contribution is 2.44. The molecule has 0 saturated carbocycles. The van der Waals surface area contributed by atoms with E-state index in [1.165, 1.54) is 0 Å². The number of ether oxygens (including phenoxy) is 1. The van der Waals surface area contributed by atoms with Crippen molar-refractivity contribution < 1.29 is 14.6 Å². The number of amides is 1. The zero-order valence-corrected chi connectivity index (χ0v) is 16.7. The van der Waals surface area contributed by atoms with Gasteiger partial charge in [0.1, 0.15) is 22.9 Å². The van der Waals surface area contributed by atoms with Crippen LogP contribution in [0.4, 0.5) is 0 Å². The van der Waals surface area contributed by atoms with Gasteiger partial charge >= 0.3 is 0 Å². The van der Waals surface area contributed by atoms with E-state index in [9.17, 15) is 9.90 Å². The molecule has 0 unspecified atom stereocenters. The van der Waals surface area contributed by atoms with Crippen molar-refractivity contribution in [1.82, 2.24) is 15.1 Å². The van der Waals surface area contributed by atoms with Gasteiger partial charge in [0.15, 0.2) is 0 Å². The van der Waals surface area contributed by atoms with E-state index in [0.717, 1.165) is 29.7 Å². The zero-order valence-electron chi connectivity index (χ0n) is 16.7. The lowest BCUT2D eigenvalue weighted by atomic mass is 9.95. The fraction of sp³-hybridized carbons (Fsp3) is 0.304. The van der Waals surface area contributed by atoms with Crippen LogP contribution in [-0.2, 0) is 0 Å². The first kappa shape index (κ1) is 19.1. The van der Waals surface area contributed by atoms with Gasteiger partial charge in [0.05, 0.1) is 12.6 Å². The monoisotopic (exact) mass is 391 g/mol. The van der Waals surface area contributed by atoms with Crippen molar-refractivity contribution in [3.05, 3.63) is 65.4 Å². The number of nitrogens with zero attached hydrogens (tertiary/aromatic N) is 2. The van der Waals surface area contributed by atoms with Crippen LogP contribution in [-0.4, -0.2) is 39.3 Å². The number of H-pyrrole nitrogens is 1. The van der Waals surface area contributed by atoms with Gasteiger partial charge in [0, 0.05) is 17.7 Å². The molecule has 2 N–H and O–H groups in total. The highest BCUT2D eigenvalue weighted by atomic mass is 16.5. The summed E-state index contributed by atoms with van der Waals surface area (Å²) >= 11 is 0. The molecule has 0 spiro atoms. The largest absolute Gasteiger partial charge is 0.507 e. The average molecular weight is 391 g/mol. The maximum absolute atomic E-state index is 13.1. The topological polar surface area (TPSA) is 78.5 Å². The van der Waals surface area contributed by atoms with Crippen molar-refractivity contribution in [2.45, 2.75) is 32.7 Å². The van der Waals surface area contributed by atoms with Gasteiger partial charge in [-0.2, -0.15) is 5.10 Å². The standard InChI is InChI=1S/C23H25N3O3/c1-3-13-26-22(15-9-11-16(12-10-15)29-14-4-2)19-20(24-25-21(19)23(26)28)17-7-5-6-8-18(17)27/h5-12,22,27H,3-4,13-14H2,1-2H3,(H,24,25)/t22-/m1/s1. The Hall–Kier alpha value is -3.28. The van der Waals surface area contributed by atoms with Crippen LogP contribution < -0.4 is 4.74 Å². The van der Waals surface area contributed by atoms with Crippen LogP contribution in [0.25, 0.3) is 11.3 Å². The minimum absolute atomic E-state index is 0.0627. The van der Waals surface area contributed by atoms with Crippen LogP contribution >= 0.6 is 0 Å². The normalized spacial score (nSPS) is 15.6. The predicted molar refractivity (Wildman–Crippen MR) is 111 cm³/mol. The van der Waals surface area contributed by atoms with Gasteiger partial charge in [-0.1, -0.05) is 38.1 Å². The molecule has 0 radical (unpaired) electrons. The van der Waals surface area contributed by atoms with E-state index in [1.807, 2.05) is 41.3 Å². The Labute approximate surface area is 170 Å². The number of para-hydroxylation sites is 1. The van der Waals surface area contributed by atoms with Crippen molar-refractivity contribution in [3.63, 3.8) is 0 Å². The van der Waals surface area contributed by atoms with Crippen LogP contribution in [0.5, 0.6) is 11.5 Å². The summed E-state index contributed by atoms with van der Waals surface area (Å²) in [6.45, 7) is 5.44. The predicted octanol–water partition coefficient (Wildman–Crippen LogP) is 4.53. The summed E-state index contributed by atoms with van der Waals surface area (Å²) < 4.78 is 5.70. The number of aromatic amines is 1. The van der Waals surface area contributed by atoms with Gasteiger partial charge < -0.3 is 14.7 Å². The Morgan fingerprint density at radius 3 is 2.55 bits per heavy atom. The number of rotatable bonds is 7. The quantitative estimate of drug-likeness (QED) is 0.620. The zero-order chi connectivity index (χ0) is 20.4. The number of phenols is 1. The van der Waals surface area contributed by atoms with E-state index in [2.05, 4.69) is 24.0 Å². The van der Waals surface area contributed by atoms with Gasteiger partial charge in [-0.3, -0.25) is 9.89 Å². The van der Waals surface area contributed by atoms with Gasteiger partial charge in [-0.25, -0.2) is 0 Å². The van der Waals surface area contributed by atoms with E-state index >= 15 is 0 Å². The van der Waals surface area contributed by atoms with Crippen LogP contribution in [0, 0.1) is 0 Å². The Morgan fingerprint density at radius 1 is 1.10 bits per heavy atom. The maximum Gasteiger partial charge on any atom is 0.273 e. The summed E-state index contributed by atoms with van der Waals surface area (Å²) in [6.07, 6.45) is 1.80. The molecule has 0 saturated heterocycles. The fourth-order valence-corrected chi connectivity index (χ4v) is 3.86. The van der Waals surface area contributed by atoms with Gasteiger partial charge in [0.2, 0.25) is 0 Å². The van der Waals surface area contributed by atoms with Crippen LogP contribution in [0.15, 0.2) is 48.5 Å². The Balaban J connectivity index is 1.80. The Kier molecular flexibility index (Phi) is 5.25. The minimum Gasteiger partial charge on any atom is -0.507 e. The van der Waals surface area contributed by atoms with Crippen molar-refractivity contribution in [2.75, 3.05) is 13.2 Å². The Bertz CT molecular complexity index is 1010. The molecule has 3 aromatic rings. The van der Waals surface area contributed by atoms with Crippen molar-refractivity contribution in [3.8, 4) is 22.8 Å². The molecule has 6 nitrogen and oxygen atoms in total. The maximum atomic E-state index is 13.1. The van der Waals surface area contributed by atoms with Crippen LogP contribution in [0.2, 0.25) is 0 Å². The number of hydrogen-bond donors (Lipinski definition) is 2. The molecule has 1 atom stereocenters. The van der Waals surface area contributed by atoms with Crippen molar-refractivity contribution in [2.24, 2.45) is 0 Å². The minimum atomic E-state index is -0.258. The molecule has 1 aliphatic heterocycles. The molecular formula is C23H25N3O3. The number of aromatic nitrogens is 2. The lowest BCUT2D eigenvalue weighted by Crippen LogP contribution is -2.30. The number of phenolic OH excluding ortho intramolecular Hbond substituents is 1. The number of carbonyl (C=O) groups excluding carboxylic acids is 1. The van der Waals surface area contributed by atoms with E-state index < -0.39 is 0 Å². The first-order valence-corrected chi connectivity index (χ1v) is 10.1. The van der Waals surface area contributed by atoms with Gasteiger partial charge in [-0.15, -0.1) is 0 Å².